The monoisotopic (exact) mass is 432 g/mol. The first-order valence-corrected chi connectivity index (χ1v) is 7.55. The average Bonchev–Trinajstić information content (AvgIpc) is 3.38. The fourth-order valence-corrected chi connectivity index (χ4v) is 1.95. The molecule has 0 saturated heterocycles. The lowest BCUT2D eigenvalue weighted by molar-refractivity contribution is -0.120. The maximum Gasteiger partial charge on any atom is 0.239 e. The molecule has 128 valence electrons. The van der Waals surface area contributed by atoms with Crippen molar-refractivity contribution in [3.8, 4) is 5.75 Å². The van der Waals surface area contributed by atoms with E-state index < -0.39 is 0 Å². The molecule has 1 fully saturated rings. The van der Waals surface area contributed by atoms with E-state index in [1.54, 1.807) is 14.2 Å². The van der Waals surface area contributed by atoms with Crippen molar-refractivity contribution in [1.29, 1.82) is 0 Å². The maximum absolute atomic E-state index is 11.8. The Morgan fingerprint density at radius 1 is 1.22 bits per heavy atom. The Balaban J connectivity index is 0.00000264. The van der Waals surface area contributed by atoms with E-state index in [0.717, 1.165) is 23.8 Å². The van der Waals surface area contributed by atoms with Crippen LogP contribution in [0.3, 0.4) is 0 Å². The second-order valence-electron chi connectivity index (χ2n) is 5.37. The summed E-state index contributed by atoms with van der Waals surface area (Å²) in [6, 6.07) is 7.62. The number of hydrogen-bond donors (Lipinski definition) is 3. The predicted molar refractivity (Wildman–Crippen MR) is 102 cm³/mol. The van der Waals surface area contributed by atoms with Crippen molar-refractivity contribution in [2.24, 2.45) is 10.9 Å². The Hall–Kier alpha value is -1.51. The standard InChI is InChI=1S/C16H24N4O2.HI/c1-17-16(19-10-12-3-4-12)20-11-15(21)18-9-13-5-7-14(22-2)8-6-13;/h5-8,12H,3-4,9-11H2,1-2H3,(H,18,21)(H2,17,19,20);1H. The summed E-state index contributed by atoms with van der Waals surface area (Å²) in [7, 11) is 3.34. The summed E-state index contributed by atoms with van der Waals surface area (Å²) >= 11 is 0. The number of benzene rings is 1. The van der Waals surface area contributed by atoms with Crippen molar-refractivity contribution in [3.05, 3.63) is 29.8 Å². The molecule has 3 N–H and O–H groups in total. The van der Waals surface area contributed by atoms with Gasteiger partial charge in [-0.25, -0.2) is 0 Å². The minimum atomic E-state index is -0.0646. The molecule has 1 aromatic carbocycles. The van der Waals surface area contributed by atoms with E-state index in [0.29, 0.717) is 12.5 Å². The molecule has 0 bridgehead atoms. The summed E-state index contributed by atoms with van der Waals surface area (Å²) < 4.78 is 5.10. The molecule has 1 aliphatic rings. The van der Waals surface area contributed by atoms with Crippen LogP contribution in [0.15, 0.2) is 29.3 Å². The lowest BCUT2D eigenvalue weighted by atomic mass is 10.2. The number of carbonyl (C=O) groups excluding carboxylic acids is 1. The zero-order chi connectivity index (χ0) is 15.8. The quantitative estimate of drug-likeness (QED) is 0.347. The molecule has 23 heavy (non-hydrogen) atoms. The first-order valence-electron chi connectivity index (χ1n) is 7.55. The van der Waals surface area contributed by atoms with Crippen LogP contribution in [-0.2, 0) is 11.3 Å². The topological polar surface area (TPSA) is 74.8 Å². The van der Waals surface area contributed by atoms with Crippen molar-refractivity contribution >= 4 is 35.8 Å². The van der Waals surface area contributed by atoms with Crippen LogP contribution in [0.5, 0.6) is 5.75 Å². The minimum absolute atomic E-state index is 0. The molecule has 0 aromatic heterocycles. The first kappa shape index (κ1) is 19.5. The number of aliphatic imine (C=N–C) groups is 1. The maximum atomic E-state index is 11.8. The second-order valence-corrected chi connectivity index (χ2v) is 5.37. The van der Waals surface area contributed by atoms with Crippen molar-refractivity contribution in [2.75, 3.05) is 27.2 Å². The molecule has 1 aromatic rings. The van der Waals surface area contributed by atoms with Gasteiger partial charge in [0.05, 0.1) is 13.7 Å². The van der Waals surface area contributed by atoms with Crippen LogP contribution in [0.4, 0.5) is 0 Å². The van der Waals surface area contributed by atoms with Crippen LogP contribution in [0.25, 0.3) is 0 Å². The highest BCUT2D eigenvalue weighted by atomic mass is 127. The van der Waals surface area contributed by atoms with Gasteiger partial charge in [-0.3, -0.25) is 9.79 Å². The smallest absolute Gasteiger partial charge is 0.239 e. The molecule has 0 heterocycles. The van der Waals surface area contributed by atoms with E-state index in [-0.39, 0.29) is 36.4 Å². The highest BCUT2D eigenvalue weighted by Crippen LogP contribution is 2.27. The van der Waals surface area contributed by atoms with Gasteiger partial charge in [-0.2, -0.15) is 0 Å². The fraction of sp³-hybridized carbons (Fsp3) is 0.500. The number of rotatable bonds is 7. The van der Waals surface area contributed by atoms with Crippen LogP contribution in [0, 0.1) is 5.92 Å². The van der Waals surface area contributed by atoms with Crippen molar-refractivity contribution < 1.29 is 9.53 Å². The number of ether oxygens (including phenoxy) is 1. The Bertz CT molecular complexity index is 515. The van der Waals surface area contributed by atoms with Crippen LogP contribution in [-0.4, -0.2) is 39.1 Å². The normalized spacial score (nSPS) is 13.7. The van der Waals surface area contributed by atoms with Crippen molar-refractivity contribution in [1.82, 2.24) is 16.0 Å². The Morgan fingerprint density at radius 3 is 2.48 bits per heavy atom. The summed E-state index contributed by atoms with van der Waals surface area (Å²) in [6.07, 6.45) is 2.57. The summed E-state index contributed by atoms with van der Waals surface area (Å²) in [6.45, 7) is 1.63. The van der Waals surface area contributed by atoms with Gasteiger partial charge in [-0.1, -0.05) is 12.1 Å². The van der Waals surface area contributed by atoms with Gasteiger partial charge < -0.3 is 20.7 Å². The number of methoxy groups -OCH3 is 1. The van der Waals surface area contributed by atoms with Gasteiger partial charge in [-0.05, 0) is 36.5 Å². The highest BCUT2D eigenvalue weighted by molar-refractivity contribution is 14.0. The Morgan fingerprint density at radius 2 is 1.91 bits per heavy atom. The van der Waals surface area contributed by atoms with Crippen LogP contribution in [0.1, 0.15) is 18.4 Å². The van der Waals surface area contributed by atoms with Crippen molar-refractivity contribution in [2.45, 2.75) is 19.4 Å². The van der Waals surface area contributed by atoms with E-state index >= 15 is 0 Å². The SMILES string of the molecule is CN=C(NCC(=O)NCc1ccc(OC)cc1)NCC1CC1.I. The first-order chi connectivity index (χ1) is 10.7. The van der Waals surface area contributed by atoms with E-state index in [1.165, 1.54) is 12.8 Å². The number of nitrogens with one attached hydrogen (secondary N) is 3. The molecule has 1 aliphatic carbocycles. The van der Waals surface area contributed by atoms with Gasteiger partial charge >= 0.3 is 0 Å². The average molecular weight is 432 g/mol. The molecule has 6 nitrogen and oxygen atoms in total. The van der Waals surface area contributed by atoms with Crippen LogP contribution < -0.4 is 20.7 Å². The molecule has 0 atom stereocenters. The van der Waals surface area contributed by atoms with Gasteiger partial charge in [-0.15, -0.1) is 24.0 Å². The van der Waals surface area contributed by atoms with Crippen LogP contribution in [0.2, 0.25) is 0 Å². The molecule has 0 unspecified atom stereocenters. The Kier molecular flexibility index (Phi) is 8.75. The molecule has 0 spiro atoms. The molecule has 0 radical (unpaired) electrons. The summed E-state index contributed by atoms with van der Waals surface area (Å²) in [5, 5.41) is 9.10. The number of halogens is 1. The third-order valence-corrected chi connectivity index (χ3v) is 3.54. The van der Waals surface area contributed by atoms with Gasteiger partial charge in [0.2, 0.25) is 5.91 Å². The molecule has 2 rings (SSSR count). The molecular weight excluding hydrogens is 407 g/mol. The lowest BCUT2D eigenvalue weighted by Crippen LogP contribution is -2.43. The van der Waals surface area contributed by atoms with Gasteiger partial charge in [0, 0.05) is 20.1 Å². The third-order valence-electron chi connectivity index (χ3n) is 3.54. The fourth-order valence-electron chi connectivity index (χ4n) is 1.95. The van der Waals surface area contributed by atoms with Gasteiger partial charge in [0.1, 0.15) is 5.75 Å². The minimum Gasteiger partial charge on any atom is -0.497 e. The summed E-state index contributed by atoms with van der Waals surface area (Å²) in [5.74, 6) is 2.18. The number of carbonyl (C=O) groups is 1. The predicted octanol–water partition coefficient (Wildman–Crippen LogP) is 1.50. The van der Waals surface area contributed by atoms with E-state index in [4.69, 9.17) is 4.74 Å². The van der Waals surface area contributed by atoms with Gasteiger partial charge in [0.25, 0.3) is 0 Å². The third kappa shape index (κ3) is 7.54. The van der Waals surface area contributed by atoms with Crippen molar-refractivity contribution in [3.63, 3.8) is 0 Å². The van der Waals surface area contributed by atoms with Crippen LogP contribution >= 0.6 is 24.0 Å². The number of nitrogens with zero attached hydrogens (tertiary/aromatic N) is 1. The van der Waals surface area contributed by atoms with Gasteiger partial charge in [0.15, 0.2) is 5.96 Å². The number of amides is 1. The largest absolute Gasteiger partial charge is 0.497 e. The Labute approximate surface area is 154 Å². The van der Waals surface area contributed by atoms with E-state index in [2.05, 4.69) is 20.9 Å². The zero-order valence-electron chi connectivity index (χ0n) is 13.6. The summed E-state index contributed by atoms with van der Waals surface area (Å²) in [4.78, 5) is 15.9. The summed E-state index contributed by atoms with van der Waals surface area (Å²) in [5.41, 5.74) is 1.03. The molecule has 1 amide bonds. The number of guanidine groups is 1. The van der Waals surface area contributed by atoms with E-state index in [9.17, 15) is 4.79 Å². The lowest BCUT2D eigenvalue weighted by Gasteiger charge is -2.11. The zero-order valence-corrected chi connectivity index (χ0v) is 15.9. The molecule has 1 saturated carbocycles. The molecule has 0 aliphatic heterocycles. The molecular formula is C16H25IN4O2. The number of hydrogen-bond acceptors (Lipinski definition) is 3. The second kappa shape index (κ2) is 10.3. The highest BCUT2D eigenvalue weighted by Gasteiger charge is 2.21. The van der Waals surface area contributed by atoms with E-state index in [1.807, 2.05) is 24.3 Å². The molecule has 7 heteroatoms.